The molecule has 2 heterocycles. The first-order valence-corrected chi connectivity index (χ1v) is 16.5. The molecule has 5 atom stereocenters. The fraction of sp³-hybridized carbons (Fsp3) is 0.452. The molecule has 0 aliphatic carbocycles. The summed E-state index contributed by atoms with van der Waals surface area (Å²) in [4.78, 5) is 3.52. The molecule has 1 aliphatic heterocycles. The van der Waals surface area contributed by atoms with Crippen LogP contribution in [0.1, 0.15) is 45.4 Å². The molecule has 1 unspecified atom stereocenters. The third kappa shape index (κ3) is 6.87. The molecule has 9 nitrogen and oxygen atoms in total. The van der Waals surface area contributed by atoms with Crippen LogP contribution in [0, 0.1) is 17.2 Å². The highest BCUT2D eigenvalue weighted by atomic mass is 32.2. The summed E-state index contributed by atoms with van der Waals surface area (Å²) in [6.45, 7) is 9.06. The van der Waals surface area contributed by atoms with Crippen molar-refractivity contribution in [3.05, 3.63) is 58.3 Å². The number of hydrogen-bond donors (Lipinski definition) is 4. The van der Waals surface area contributed by atoms with Crippen molar-refractivity contribution < 1.29 is 28.5 Å². The number of thiophene rings is 1. The van der Waals surface area contributed by atoms with E-state index in [0.717, 1.165) is 47.1 Å². The number of nitrogens with zero attached hydrogens (tertiary/aromatic N) is 2. The second-order valence-electron chi connectivity index (χ2n) is 10.7. The number of sulfonamides is 1. The lowest BCUT2D eigenvalue weighted by Gasteiger charge is -2.39. The van der Waals surface area contributed by atoms with Crippen LogP contribution in [0.2, 0.25) is 0 Å². The van der Waals surface area contributed by atoms with E-state index in [0.29, 0.717) is 4.88 Å². The molecule has 42 heavy (non-hydrogen) atoms. The Bertz CT molecular complexity index is 1570. The van der Waals surface area contributed by atoms with Gasteiger partial charge in [-0.3, -0.25) is 0 Å². The fourth-order valence-corrected chi connectivity index (χ4v) is 7.40. The first-order valence-electron chi connectivity index (χ1n) is 14.2. The molecule has 1 aromatic heterocycles. The molecule has 226 valence electrons. The van der Waals surface area contributed by atoms with Crippen LogP contribution in [0.25, 0.3) is 26.8 Å². The monoisotopic (exact) mass is 613 g/mol. The van der Waals surface area contributed by atoms with Crippen molar-refractivity contribution in [1.29, 1.82) is 5.26 Å². The van der Waals surface area contributed by atoms with Gasteiger partial charge in [0, 0.05) is 41.0 Å². The molecule has 4 rings (SSSR count). The van der Waals surface area contributed by atoms with E-state index in [1.54, 1.807) is 19.1 Å². The third-order valence-electron chi connectivity index (χ3n) is 7.66. The maximum Gasteiger partial charge on any atom is 0.251 e. The molecular weight excluding hydrogens is 574 g/mol. The van der Waals surface area contributed by atoms with E-state index in [2.05, 4.69) is 53.8 Å². The lowest BCUT2D eigenvalue weighted by Crippen LogP contribution is -2.56. The molecule has 0 amide bonds. The molecule has 1 aliphatic rings. The van der Waals surface area contributed by atoms with Gasteiger partial charge in [0.25, 0.3) is 10.0 Å². The van der Waals surface area contributed by atoms with Crippen LogP contribution in [0.4, 0.5) is 5.69 Å². The van der Waals surface area contributed by atoms with Crippen LogP contribution in [-0.2, 0) is 14.8 Å². The summed E-state index contributed by atoms with van der Waals surface area (Å²) >= 11 is 1.39. The van der Waals surface area contributed by atoms with Gasteiger partial charge in [-0.15, -0.1) is 11.3 Å². The van der Waals surface area contributed by atoms with Gasteiger partial charge in [0.05, 0.1) is 6.10 Å². The molecule has 1 fully saturated rings. The van der Waals surface area contributed by atoms with Crippen LogP contribution in [0.3, 0.4) is 0 Å². The molecule has 1 saturated heterocycles. The molecule has 0 saturated carbocycles. The molecule has 11 heteroatoms. The van der Waals surface area contributed by atoms with Gasteiger partial charge in [0.1, 0.15) is 18.3 Å². The van der Waals surface area contributed by atoms with E-state index in [9.17, 15) is 29.0 Å². The van der Waals surface area contributed by atoms with Gasteiger partial charge in [-0.05, 0) is 72.0 Å². The third-order valence-corrected chi connectivity index (χ3v) is 10.4. The second kappa shape index (κ2) is 13.7. The lowest BCUT2D eigenvalue weighted by atomic mass is 9.92. The zero-order chi connectivity index (χ0) is 30.6. The number of anilines is 1. The van der Waals surface area contributed by atoms with E-state index in [1.807, 2.05) is 12.1 Å². The highest BCUT2D eigenvalue weighted by molar-refractivity contribution is 7.93. The van der Waals surface area contributed by atoms with Gasteiger partial charge in [-0.1, -0.05) is 39.0 Å². The first-order chi connectivity index (χ1) is 20.0. The molecule has 4 N–H and O–H groups in total. The number of hydrogen-bond acceptors (Lipinski definition) is 9. The van der Waals surface area contributed by atoms with Crippen molar-refractivity contribution >= 4 is 43.4 Å². The summed E-state index contributed by atoms with van der Waals surface area (Å²) in [6.07, 6.45) is -3.05. The van der Waals surface area contributed by atoms with Gasteiger partial charge < -0.3 is 25.0 Å². The molecule has 0 radical (unpaired) electrons. The molecule has 0 spiro atoms. The number of aliphatic hydroxyl groups is 3. The molecule has 2 aromatic carbocycles. The smallest absolute Gasteiger partial charge is 0.251 e. The summed E-state index contributed by atoms with van der Waals surface area (Å²) in [6, 6.07) is 18.3. The van der Waals surface area contributed by atoms with Gasteiger partial charge >= 0.3 is 0 Å². The SMILES string of the molecule is CCCN(CCC)c1ccc2cc(-c3ccc(/C(C)=C(\C#N)S(=O)(=O)NC[C@H]4OC(O)[C@H](C)[C@@H](O)[C@@H]4O)s3)ccc2c1. The number of benzene rings is 2. The lowest BCUT2D eigenvalue weighted by molar-refractivity contribution is -0.257. The minimum absolute atomic E-state index is 0.289. The van der Waals surface area contributed by atoms with Crippen LogP contribution in [0.15, 0.2) is 53.4 Å². The number of allylic oxidation sites excluding steroid dienone is 2. The minimum atomic E-state index is -4.28. The Morgan fingerprint density at radius 2 is 1.69 bits per heavy atom. The summed E-state index contributed by atoms with van der Waals surface area (Å²) in [5.74, 6) is -0.736. The van der Waals surface area contributed by atoms with E-state index < -0.39 is 52.0 Å². The van der Waals surface area contributed by atoms with Crippen molar-refractivity contribution in [2.45, 2.75) is 65.1 Å². The number of ether oxygens (including phenoxy) is 1. The summed E-state index contributed by atoms with van der Waals surface area (Å²) in [5, 5.41) is 42.4. The number of fused-ring (bicyclic) bond motifs is 1. The average molecular weight is 614 g/mol. The van der Waals surface area contributed by atoms with Gasteiger partial charge in [-0.25, -0.2) is 13.1 Å². The van der Waals surface area contributed by atoms with Crippen LogP contribution >= 0.6 is 11.3 Å². The summed E-state index contributed by atoms with van der Waals surface area (Å²) in [7, 11) is -4.28. The van der Waals surface area contributed by atoms with Crippen LogP contribution < -0.4 is 9.62 Å². The largest absolute Gasteiger partial charge is 0.390 e. The van der Waals surface area contributed by atoms with Crippen LogP contribution in [-0.4, -0.2) is 68.0 Å². The van der Waals surface area contributed by atoms with E-state index in [1.165, 1.54) is 23.9 Å². The van der Waals surface area contributed by atoms with Crippen molar-refractivity contribution in [2.75, 3.05) is 24.5 Å². The highest BCUT2D eigenvalue weighted by Crippen LogP contribution is 2.36. The maximum absolute atomic E-state index is 13.1. The molecule has 0 bridgehead atoms. The normalized spacial score (nSPS) is 23.4. The number of rotatable bonds is 11. The molecule has 3 aromatic rings. The topological polar surface area (TPSA) is 143 Å². The second-order valence-corrected chi connectivity index (χ2v) is 13.5. The predicted octanol–water partition coefficient (Wildman–Crippen LogP) is 4.44. The maximum atomic E-state index is 13.1. The summed E-state index contributed by atoms with van der Waals surface area (Å²) in [5.41, 5.74) is 2.49. The number of aliphatic hydroxyl groups excluding tert-OH is 3. The quantitative estimate of drug-likeness (QED) is 0.233. The zero-order valence-electron chi connectivity index (χ0n) is 24.3. The van der Waals surface area contributed by atoms with Gasteiger partial charge in [0.15, 0.2) is 11.2 Å². The van der Waals surface area contributed by atoms with Crippen molar-refractivity contribution in [3.63, 3.8) is 0 Å². The van der Waals surface area contributed by atoms with Crippen molar-refractivity contribution in [2.24, 2.45) is 5.92 Å². The van der Waals surface area contributed by atoms with Crippen LogP contribution in [0.5, 0.6) is 0 Å². The Kier molecular flexibility index (Phi) is 10.4. The number of nitrogens with one attached hydrogen (secondary N) is 1. The van der Waals surface area contributed by atoms with E-state index in [4.69, 9.17) is 4.74 Å². The highest BCUT2D eigenvalue weighted by Gasteiger charge is 2.41. The number of nitriles is 1. The van der Waals surface area contributed by atoms with E-state index in [-0.39, 0.29) is 5.57 Å². The van der Waals surface area contributed by atoms with E-state index >= 15 is 0 Å². The van der Waals surface area contributed by atoms with Gasteiger partial charge in [0.2, 0.25) is 0 Å². The average Bonchev–Trinajstić information content (AvgIpc) is 3.47. The fourth-order valence-electron chi connectivity index (χ4n) is 5.16. The van der Waals surface area contributed by atoms with Crippen molar-refractivity contribution in [1.82, 2.24) is 4.72 Å². The minimum Gasteiger partial charge on any atom is -0.390 e. The Labute approximate surface area is 251 Å². The Morgan fingerprint density at radius 1 is 1.02 bits per heavy atom. The van der Waals surface area contributed by atoms with Crippen molar-refractivity contribution in [3.8, 4) is 16.5 Å². The first kappa shape index (κ1) is 32.1. The Hall–Kier alpha value is -2.82. The zero-order valence-corrected chi connectivity index (χ0v) is 26.0. The van der Waals surface area contributed by atoms with Gasteiger partial charge in [-0.2, -0.15) is 5.26 Å². The standard InChI is InChI=1S/C31H39N3O6S2/c1-5-13-34(14-6-2)24-10-9-21-15-23(8-7-22(21)16-24)27-12-11-26(41-27)19(3)28(17-32)42(38,39)33-18-25-30(36)29(35)20(4)31(37)40-25/h7-12,15-16,20,25,29-31,33,35-37H,5-6,13-14,18H2,1-4H3/b28-19+/t20-,25-,29-,30-,31?/m1/s1. The predicted molar refractivity (Wildman–Crippen MR) is 167 cm³/mol. The summed E-state index contributed by atoms with van der Waals surface area (Å²) < 4.78 is 33.7. The Morgan fingerprint density at radius 3 is 2.36 bits per heavy atom. The Balaban J connectivity index is 1.54. The molecular formula is C31H39N3O6S2.